The van der Waals surface area contributed by atoms with Gasteiger partial charge in [-0.2, -0.15) is 0 Å². The highest BCUT2D eigenvalue weighted by Crippen LogP contribution is 2.57. The Labute approximate surface area is 99.1 Å². The summed E-state index contributed by atoms with van der Waals surface area (Å²) in [6, 6.07) is -0.0267. The van der Waals surface area contributed by atoms with Crippen molar-refractivity contribution in [3.8, 4) is 0 Å². The number of carbonyl (C=O) groups is 2. The van der Waals surface area contributed by atoms with Crippen molar-refractivity contribution >= 4 is 12.0 Å². The number of aliphatic carboxylic acids is 1. The van der Waals surface area contributed by atoms with E-state index in [1.807, 2.05) is 0 Å². The molecule has 6 nitrogen and oxygen atoms in total. The van der Waals surface area contributed by atoms with Gasteiger partial charge in [-0.05, 0) is 12.3 Å². The molecule has 0 radical (unpaired) electrons. The molecule has 1 N–H and O–H groups in total. The van der Waals surface area contributed by atoms with Crippen molar-refractivity contribution in [1.82, 2.24) is 9.80 Å². The number of rotatable bonds is 1. The van der Waals surface area contributed by atoms with Gasteiger partial charge in [0, 0.05) is 26.2 Å². The first-order valence-electron chi connectivity index (χ1n) is 5.98. The van der Waals surface area contributed by atoms with E-state index in [2.05, 4.69) is 0 Å². The molecule has 0 unspecified atom stereocenters. The Bertz CT molecular complexity index is 366. The predicted molar refractivity (Wildman–Crippen MR) is 57.5 cm³/mol. The number of ether oxygens (including phenoxy) is 1. The Morgan fingerprint density at radius 3 is 2.53 bits per heavy atom. The quantitative estimate of drug-likeness (QED) is 0.691. The summed E-state index contributed by atoms with van der Waals surface area (Å²) in [5.41, 5.74) is -0.623. The molecule has 0 aromatic rings. The number of hydrogen-bond acceptors (Lipinski definition) is 3. The fraction of sp³-hybridized carbons (Fsp3) is 0.818. The summed E-state index contributed by atoms with van der Waals surface area (Å²) < 4.78 is 5.19. The lowest BCUT2D eigenvalue weighted by atomic mass is 10.1. The summed E-state index contributed by atoms with van der Waals surface area (Å²) in [6.07, 6.45) is 0.731. The van der Waals surface area contributed by atoms with E-state index in [9.17, 15) is 9.59 Å². The van der Waals surface area contributed by atoms with Crippen LogP contribution >= 0.6 is 0 Å². The molecular formula is C11H16N2O4. The van der Waals surface area contributed by atoms with Crippen LogP contribution in [0.3, 0.4) is 0 Å². The number of carboxylic acids is 1. The van der Waals surface area contributed by atoms with Crippen molar-refractivity contribution in [3.05, 3.63) is 0 Å². The van der Waals surface area contributed by atoms with Crippen LogP contribution in [0.5, 0.6) is 0 Å². The normalized spacial score (nSPS) is 35.6. The Hall–Kier alpha value is -1.30. The molecule has 94 valence electrons. The molecular weight excluding hydrogens is 224 g/mol. The first kappa shape index (κ1) is 10.8. The fourth-order valence-corrected chi connectivity index (χ4v) is 2.91. The zero-order valence-electron chi connectivity index (χ0n) is 9.59. The van der Waals surface area contributed by atoms with Gasteiger partial charge in [-0.15, -0.1) is 0 Å². The highest BCUT2D eigenvalue weighted by molar-refractivity contribution is 5.83. The second-order valence-corrected chi connectivity index (χ2v) is 5.12. The summed E-state index contributed by atoms with van der Waals surface area (Å²) >= 11 is 0. The van der Waals surface area contributed by atoms with E-state index in [1.54, 1.807) is 9.80 Å². The smallest absolute Gasteiger partial charge is 0.320 e. The molecule has 2 atom stereocenters. The second kappa shape index (κ2) is 3.60. The SMILES string of the molecule is O=C(N1CCOCC1)N1C[C@@H]2C[C@]2(C(=O)O)C1. The number of hydrogen-bond donors (Lipinski definition) is 1. The molecule has 0 aromatic carbocycles. The lowest BCUT2D eigenvalue weighted by molar-refractivity contribution is -0.143. The molecule has 0 bridgehead atoms. The number of carbonyl (C=O) groups excluding carboxylic acids is 1. The average molecular weight is 240 g/mol. The van der Waals surface area contributed by atoms with Gasteiger partial charge in [0.25, 0.3) is 0 Å². The number of urea groups is 1. The number of carboxylic acid groups (broad SMARTS) is 1. The van der Waals surface area contributed by atoms with E-state index >= 15 is 0 Å². The molecule has 3 aliphatic rings. The fourth-order valence-electron chi connectivity index (χ4n) is 2.91. The minimum atomic E-state index is -0.750. The lowest BCUT2D eigenvalue weighted by Gasteiger charge is -2.31. The Balaban J connectivity index is 1.63. The Kier molecular flexibility index (Phi) is 2.29. The minimum absolute atomic E-state index is 0.0267. The van der Waals surface area contributed by atoms with E-state index in [1.165, 1.54) is 0 Å². The van der Waals surface area contributed by atoms with Crippen molar-refractivity contribution in [2.45, 2.75) is 6.42 Å². The van der Waals surface area contributed by atoms with Crippen LogP contribution in [0, 0.1) is 11.3 Å². The number of morpholine rings is 1. The van der Waals surface area contributed by atoms with E-state index in [4.69, 9.17) is 9.84 Å². The van der Waals surface area contributed by atoms with Crippen molar-refractivity contribution in [3.63, 3.8) is 0 Å². The first-order valence-corrected chi connectivity index (χ1v) is 5.98. The van der Waals surface area contributed by atoms with Crippen LogP contribution in [0.4, 0.5) is 4.79 Å². The largest absolute Gasteiger partial charge is 0.481 e. The number of nitrogens with zero attached hydrogens (tertiary/aromatic N) is 2. The van der Waals surface area contributed by atoms with Crippen molar-refractivity contribution in [1.29, 1.82) is 0 Å². The van der Waals surface area contributed by atoms with Gasteiger partial charge >= 0.3 is 12.0 Å². The van der Waals surface area contributed by atoms with E-state index < -0.39 is 11.4 Å². The number of fused-ring (bicyclic) bond motifs is 1. The van der Waals surface area contributed by atoms with Crippen LogP contribution in [0.25, 0.3) is 0 Å². The van der Waals surface area contributed by atoms with E-state index in [-0.39, 0.29) is 11.9 Å². The third-order valence-corrected chi connectivity index (χ3v) is 4.12. The molecule has 2 amide bonds. The van der Waals surface area contributed by atoms with Gasteiger partial charge in [-0.25, -0.2) is 4.79 Å². The van der Waals surface area contributed by atoms with Crippen molar-refractivity contribution in [2.75, 3.05) is 39.4 Å². The van der Waals surface area contributed by atoms with Gasteiger partial charge in [-0.3, -0.25) is 4.79 Å². The summed E-state index contributed by atoms with van der Waals surface area (Å²) in [6.45, 7) is 3.35. The number of piperidine rings is 1. The molecule has 2 saturated heterocycles. The van der Waals surface area contributed by atoms with Gasteiger partial charge in [-0.1, -0.05) is 0 Å². The van der Waals surface area contributed by atoms with Crippen molar-refractivity contribution in [2.24, 2.45) is 11.3 Å². The third-order valence-electron chi connectivity index (χ3n) is 4.12. The molecule has 6 heteroatoms. The number of likely N-dealkylation sites (tertiary alicyclic amines) is 1. The zero-order chi connectivity index (χ0) is 12.0. The van der Waals surface area contributed by atoms with Crippen LogP contribution in [0.15, 0.2) is 0 Å². The summed E-state index contributed by atoms with van der Waals surface area (Å²) in [7, 11) is 0. The number of amides is 2. The molecule has 2 heterocycles. The van der Waals surface area contributed by atoms with Crippen LogP contribution < -0.4 is 0 Å². The van der Waals surface area contributed by atoms with Crippen LogP contribution in [-0.4, -0.2) is 66.3 Å². The van der Waals surface area contributed by atoms with Crippen LogP contribution in [0.2, 0.25) is 0 Å². The minimum Gasteiger partial charge on any atom is -0.481 e. The maximum Gasteiger partial charge on any atom is 0.320 e. The standard InChI is InChI=1S/C11H16N2O4/c14-9(15)11-5-8(11)6-13(7-11)10(16)12-1-3-17-4-2-12/h8H,1-7H2,(H,14,15)/t8-,11-/m0/s1. The highest BCUT2D eigenvalue weighted by atomic mass is 16.5. The molecule has 17 heavy (non-hydrogen) atoms. The molecule has 0 spiro atoms. The second-order valence-electron chi connectivity index (χ2n) is 5.12. The maximum atomic E-state index is 12.1. The van der Waals surface area contributed by atoms with Gasteiger partial charge in [0.05, 0.1) is 18.6 Å². The summed E-state index contributed by atoms with van der Waals surface area (Å²) in [4.78, 5) is 26.7. The monoisotopic (exact) mass is 240 g/mol. The molecule has 3 fully saturated rings. The zero-order valence-corrected chi connectivity index (χ0v) is 9.59. The molecule has 1 saturated carbocycles. The highest BCUT2D eigenvalue weighted by Gasteiger charge is 2.66. The lowest BCUT2D eigenvalue weighted by Crippen LogP contribution is -2.48. The summed E-state index contributed by atoms with van der Waals surface area (Å²) in [5, 5.41) is 9.15. The van der Waals surface area contributed by atoms with Gasteiger partial charge in [0.1, 0.15) is 0 Å². The molecule has 2 aliphatic heterocycles. The van der Waals surface area contributed by atoms with Crippen molar-refractivity contribution < 1.29 is 19.4 Å². The van der Waals surface area contributed by atoms with E-state index in [0.29, 0.717) is 39.4 Å². The van der Waals surface area contributed by atoms with Gasteiger partial charge in [0.15, 0.2) is 0 Å². The third kappa shape index (κ3) is 1.58. The molecule has 0 aromatic heterocycles. The predicted octanol–water partition coefficient (Wildman–Crippen LogP) is -0.155. The summed E-state index contributed by atoms with van der Waals surface area (Å²) in [5.74, 6) is -0.579. The molecule has 3 rings (SSSR count). The molecule has 1 aliphatic carbocycles. The Morgan fingerprint density at radius 1 is 1.24 bits per heavy atom. The maximum absolute atomic E-state index is 12.1. The van der Waals surface area contributed by atoms with Crippen LogP contribution in [0.1, 0.15) is 6.42 Å². The van der Waals surface area contributed by atoms with Gasteiger partial charge in [0.2, 0.25) is 0 Å². The van der Waals surface area contributed by atoms with E-state index in [0.717, 1.165) is 6.42 Å². The first-order chi connectivity index (χ1) is 8.13. The topological polar surface area (TPSA) is 70.1 Å². The Morgan fingerprint density at radius 2 is 1.94 bits per heavy atom. The average Bonchev–Trinajstić information content (AvgIpc) is 2.93. The van der Waals surface area contributed by atoms with Gasteiger partial charge < -0.3 is 19.6 Å². The van der Waals surface area contributed by atoms with Crippen LogP contribution in [-0.2, 0) is 9.53 Å².